The van der Waals surface area contributed by atoms with E-state index in [-0.39, 0.29) is 58.6 Å². The van der Waals surface area contributed by atoms with E-state index in [1.54, 1.807) is 12.1 Å². The van der Waals surface area contributed by atoms with Crippen molar-refractivity contribution in [3.63, 3.8) is 0 Å². The van der Waals surface area contributed by atoms with Gasteiger partial charge in [-0.05, 0) is 73.8 Å². The van der Waals surface area contributed by atoms with Gasteiger partial charge in [-0.1, -0.05) is 53.1 Å². The Labute approximate surface area is 208 Å². The minimum absolute atomic E-state index is 0.137. The van der Waals surface area contributed by atoms with Crippen molar-refractivity contribution in [3.8, 4) is 0 Å². The maximum Gasteiger partial charge on any atom is 0.261 e. The molecule has 1 aliphatic heterocycles. The summed E-state index contributed by atoms with van der Waals surface area (Å²) in [7, 11) is 0. The summed E-state index contributed by atoms with van der Waals surface area (Å²) < 4.78 is 0. The van der Waals surface area contributed by atoms with E-state index in [2.05, 4.69) is 12.2 Å². The van der Waals surface area contributed by atoms with Crippen molar-refractivity contribution in [2.24, 2.45) is 35.5 Å². The molecule has 6 atom stereocenters. The number of halogens is 2. The monoisotopic (exact) mass is 494 g/mol. The number of rotatable bonds is 4. The summed E-state index contributed by atoms with van der Waals surface area (Å²) >= 11 is 12.4. The average Bonchev–Trinajstić information content (AvgIpc) is 3.58. The maximum atomic E-state index is 13.8. The van der Waals surface area contributed by atoms with Crippen LogP contribution in [0.25, 0.3) is 0 Å². The zero-order valence-corrected chi connectivity index (χ0v) is 20.4. The van der Waals surface area contributed by atoms with Crippen LogP contribution in [-0.2, 0) is 9.59 Å². The summed E-state index contributed by atoms with van der Waals surface area (Å²) in [6, 6.07) is 10.4. The predicted octanol–water partition coefficient (Wildman–Crippen LogP) is 5.27. The van der Waals surface area contributed by atoms with Crippen LogP contribution in [-0.4, -0.2) is 29.3 Å². The normalized spacial score (nSPS) is 30.4. The third-order valence-corrected chi connectivity index (χ3v) is 8.63. The highest BCUT2D eigenvalue weighted by Crippen LogP contribution is 2.65. The first-order valence-corrected chi connectivity index (χ1v) is 12.4. The molecule has 34 heavy (non-hydrogen) atoms. The summed E-state index contributed by atoms with van der Waals surface area (Å²) in [5, 5.41) is 0.650. The lowest BCUT2D eigenvalue weighted by Gasteiger charge is -2.37. The molecule has 6 unspecified atom stereocenters. The molecule has 7 heteroatoms. The Kier molecular flexibility index (Phi) is 4.95. The summed E-state index contributed by atoms with van der Waals surface area (Å²) in [6.45, 7) is 3.75. The number of anilines is 1. The number of likely N-dealkylation sites (tertiary alicyclic amines) is 1. The predicted molar refractivity (Wildman–Crippen MR) is 131 cm³/mol. The van der Waals surface area contributed by atoms with E-state index in [0.717, 1.165) is 17.5 Å². The highest BCUT2D eigenvalue weighted by molar-refractivity contribution is 6.37. The Morgan fingerprint density at radius 2 is 1.62 bits per heavy atom. The second kappa shape index (κ2) is 7.69. The van der Waals surface area contributed by atoms with Crippen LogP contribution >= 0.6 is 23.2 Å². The van der Waals surface area contributed by atoms with E-state index >= 15 is 0 Å². The Bertz CT molecular complexity index is 1250. The van der Waals surface area contributed by atoms with Crippen molar-refractivity contribution in [2.75, 3.05) is 11.6 Å². The molecular formula is C27H24Cl2N2O3. The van der Waals surface area contributed by atoms with Crippen LogP contribution in [0.5, 0.6) is 0 Å². The highest BCUT2D eigenvalue weighted by atomic mass is 35.5. The third-order valence-electron chi connectivity index (χ3n) is 8.09. The minimum atomic E-state index is -0.381. The standard InChI is InChI=1S/C27H24Cl2N2O3/c1-13-3-8-22(14(2)9-13)30(25(32)18-5-4-15(28)10-21(18)29)12-31-26(33)23-16-6-7-17(20-11-19(16)20)24(23)27(31)34/h3-10,16-17,19-20,23-24H,11-12H2,1-2H3. The van der Waals surface area contributed by atoms with Crippen molar-refractivity contribution in [1.82, 2.24) is 4.90 Å². The number of amides is 3. The number of carbonyl (C=O) groups excluding carboxylic acids is 3. The molecule has 4 aliphatic carbocycles. The first-order chi connectivity index (χ1) is 16.3. The molecule has 0 aromatic heterocycles. The fraction of sp³-hybridized carbons (Fsp3) is 0.370. The van der Waals surface area contributed by atoms with Crippen LogP contribution in [0.3, 0.4) is 0 Å². The van der Waals surface area contributed by atoms with E-state index in [0.29, 0.717) is 22.5 Å². The molecule has 1 saturated heterocycles. The number of aryl methyl sites for hydroxylation is 2. The van der Waals surface area contributed by atoms with Crippen LogP contribution in [0.15, 0.2) is 48.6 Å². The van der Waals surface area contributed by atoms with Crippen LogP contribution < -0.4 is 4.90 Å². The zero-order chi connectivity index (χ0) is 23.9. The van der Waals surface area contributed by atoms with Crippen molar-refractivity contribution in [2.45, 2.75) is 20.3 Å². The lowest BCUT2D eigenvalue weighted by atomic mass is 9.63. The number of nitrogens with zero attached hydrogens (tertiary/aromatic N) is 2. The van der Waals surface area contributed by atoms with Crippen LogP contribution in [0.1, 0.15) is 27.9 Å². The third kappa shape index (κ3) is 3.17. The van der Waals surface area contributed by atoms with Crippen LogP contribution in [0, 0.1) is 49.4 Å². The molecule has 7 rings (SSSR count). The van der Waals surface area contributed by atoms with E-state index in [1.165, 1.54) is 15.9 Å². The molecule has 2 saturated carbocycles. The molecule has 2 aromatic rings. The number of carbonyl (C=O) groups is 3. The smallest absolute Gasteiger partial charge is 0.261 e. The van der Waals surface area contributed by atoms with E-state index in [9.17, 15) is 14.4 Å². The molecule has 0 radical (unpaired) electrons. The Hall–Kier alpha value is -2.63. The SMILES string of the molecule is Cc1ccc(N(CN2C(=O)C3C4C=CC(C5CC45)C3C2=O)C(=O)c2ccc(Cl)cc2Cl)c(C)c1. The number of hydrogen-bond donors (Lipinski definition) is 0. The van der Waals surface area contributed by atoms with Gasteiger partial charge in [0.2, 0.25) is 11.8 Å². The van der Waals surface area contributed by atoms with Gasteiger partial charge in [-0.15, -0.1) is 0 Å². The summed E-state index contributed by atoms with van der Waals surface area (Å²) in [5.74, 6) is 0.00972. The van der Waals surface area contributed by atoms with Gasteiger partial charge in [0.1, 0.15) is 6.67 Å². The summed E-state index contributed by atoms with van der Waals surface area (Å²) in [5.41, 5.74) is 2.84. The lowest BCUT2D eigenvalue weighted by molar-refractivity contribution is -0.140. The Balaban J connectivity index is 1.38. The maximum absolute atomic E-state index is 13.8. The molecule has 3 amide bonds. The molecule has 1 heterocycles. The lowest BCUT2D eigenvalue weighted by Crippen LogP contribution is -2.45. The van der Waals surface area contributed by atoms with Gasteiger partial charge >= 0.3 is 0 Å². The first kappa shape index (κ1) is 21.9. The average molecular weight is 495 g/mol. The van der Waals surface area contributed by atoms with Gasteiger partial charge in [0, 0.05) is 10.7 Å². The second-order valence-corrected chi connectivity index (χ2v) is 10.9. The van der Waals surface area contributed by atoms with Gasteiger partial charge < -0.3 is 0 Å². The molecular weight excluding hydrogens is 471 g/mol. The van der Waals surface area contributed by atoms with Gasteiger partial charge in [0.25, 0.3) is 5.91 Å². The number of hydrogen-bond acceptors (Lipinski definition) is 3. The summed E-state index contributed by atoms with van der Waals surface area (Å²) in [4.78, 5) is 43.7. The second-order valence-electron chi connectivity index (χ2n) is 10.0. The fourth-order valence-corrected chi connectivity index (χ4v) is 6.96. The largest absolute Gasteiger partial charge is 0.289 e. The van der Waals surface area contributed by atoms with E-state index in [1.807, 2.05) is 32.0 Å². The van der Waals surface area contributed by atoms with Crippen molar-refractivity contribution in [3.05, 3.63) is 75.3 Å². The van der Waals surface area contributed by atoms with Gasteiger partial charge in [0.15, 0.2) is 0 Å². The molecule has 5 nitrogen and oxygen atoms in total. The van der Waals surface area contributed by atoms with Gasteiger partial charge in [-0.25, -0.2) is 0 Å². The van der Waals surface area contributed by atoms with Crippen LogP contribution in [0.4, 0.5) is 5.69 Å². The molecule has 3 fully saturated rings. The highest BCUT2D eigenvalue weighted by Gasteiger charge is 2.67. The molecule has 2 bridgehead atoms. The van der Waals surface area contributed by atoms with Crippen molar-refractivity contribution < 1.29 is 14.4 Å². The first-order valence-electron chi connectivity index (χ1n) is 11.6. The molecule has 174 valence electrons. The van der Waals surface area contributed by atoms with E-state index in [4.69, 9.17) is 23.2 Å². The minimum Gasteiger partial charge on any atom is -0.289 e. The quantitative estimate of drug-likeness (QED) is 0.429. The van der Waals surface area contributed by atoms with Gasteiger partial charge in [0.05, 0.1) is 22.4 Å². The van der Waals surface area contributed by atoms with Gasteiger partial charge in [-0.2, -0.15) is 0 Å². The van der Waals surface area contributed by atoms with Crippen LogP contribution in [0.2, 0.25) is 10.0 Å². The number of allylic oxidation sites excluding steroid dienone is 2. The number of benzene rings is 2. The Morgan fingerprint density at radius 3 is 2.21 bits per heavy atom. The van der Waals surface area contributed by atoms with Crippen molar-refractivity contribution >= 4 is 46.6 Å². The molecule has 0 N–H and O–H groups in total. The van der Waals surface area contributed by atoms with Gasteiger partial charge in [-0.3, -0.25) is 24.2 Å². The van der Waals surface area contributed by atoms with E-state index < -0.39 is 0 Å². The zero-order valence-electron chi connectivity index (χ0n) is 18.9. The van der Waals surface area contributed by atoms with Crippen molar-refractivity contribution in [1.29, 1.82) is 0 Å². The number of imide groups is 1. The molecule has 5 aliphatic rings. The topological polar surface area (TPSA) is 57.7 Å². The Morgan fingerprint density at radius 1 is 0.971 bits per heavy atom. The summed E-state index contributed by atoms with van der Waals surface area (Å²) in [6.07, 6.45) is 5.41. The fourth-order valence-electron chi connectivity index (χ4n) is 6.47. The molecule has 0 spiro atoms. The molecule has 2 aromatic carbocycles.